The molecule has 0 atom stereocenters. The predicted octanol–water partition coefficient (Wildman–Crippen LogP) is 4.34. The summed E-state index contributed by atoms with van der Waals surface area (Å²) in [5.41, 5.74) is 8.46. The maximum Gasteiger partial charge on any atom is 0.140 e. The molecule has 3 nitrogen and oxygen atoms in total. The molecule has 0 bridgehead atoms. The Morgan fingerprint density at radius 2 is 1.86 bits per heavy atom. The van der Waals surface area contributed by atoms with Crippen LogP contribution in [0.4, 0.5) is 5.82 Å². The van der Waals surface area contributed by atoms with Crippen LogP contribution in [0.25, 0.3) is 0 Å². The Hall–Kier alpha value is -1.48. The van der Waals surface area contributed by atoms with Crippen LogP contribution in [-0.4, -0.2) is 9.78 Å². The fourth-order valence-corrected chi connectivity index (χ4v) is 2.57. The first-order valence-corrected chi connectivity index (χ1v) is 7.79. The molecule has 1 aromatic carbocycles. The minimum atomic E-state index is 0.152. The van der Waals surface area contributed by atoms with E-state index in [1.807, 2.05) is 10.7 Å². The molecule has 0 fully saturated rings. The lowest BCUT2D eigenvalue weighted by Gasteiger charge is -2.16. The number of nitrogens with zero attached hydrogens (tertiary/aromatic N) is 2. The number of hydrogen-bond acceptors (Lipinski definition) is 2. The van der Waals surface area contributed by atoms with Crippen molar-refractivity contribution in [2.45, 2.75) is 46.6 Å². The minimum Gasteiger partial charge on any atom is -0.383 e. The zero-order valence-corrected chi connectivity index (χ0v) is 13.8. The van der Waals surface area contributed by atoms with Crippen LogP contribution in [0.2, 0.25) is 5.02 Å². The lowest BCUT2D eigenvalue weighted by molar-refractivity contribution is 0.403. The second kappa shape index (κ2) is 6.52. The van der Waals surface area contributed by atoms with Gasteiger partial charge in [-0.15, -0.1) is 0 Å². The van der Waals surface area contributed by atoms with Gasteiger partial charge in [0.25, 0.3) is 0 Å². The number of aryl methyl sites for hydroxylation is 2. The Morgan fingerprint density at radius 1 is 1.19 bits per heavy atom. The highest BCUT2D eigenvalue weighted by atomic mass is 35.5. The monoisotopic (exact) mass is 305 g/mol. The van der Waals surface area contributed by atoms with Crippen LogP contribution in [-0.2, 0) is 19.4 Å². The van der Waals surface area contributed by atoms with Crippen molar-refractivity contribution in [3.8, 4) is 0 Å². The van der Waals surface area contributed by atoms with Gasteiger partial charge < -0.3 is 5.73 Å². The van der Waals surface area contributed by atoms with E-state index in [0.717, 1.165) is 31.5 Å². The first kappa shape index (κ1) is 15.9. The number of benzene rings is 1. The van der Waals surface area contributed by atoms with Gasteiger partial charge in [-0.25, -0.2) is 4.68 Å². The molecule has 0 radical (unpaired) electrons. The number of halogens is 1. The Kier molecular flexibility index (Phi) is 4.94. The predicted molar refractivity (Wildman–Crippen MR) is 89.6 cm³/mol. The average Bonchev–Trinajstić information content (AvgIpc) is 2.67. The van der Waals surface area contributed by atoms with Crippen LogP contribution in [0.15, 0.2) is 30.3 Å². The summed E-state index contributed by atoms with van der Waals surface area (Å²) < 4.78 is 1.84. The van der Waals surface area contributed by atoms with Gasteiger partial charge in [0.05, 0.1) is 5.69 Å². The molecule has 0 aliphatic heterocycles. The largest absolute Gasteiger partial charge is 0.383 e. The first-order valence-electron chi connectivity index (χ1n) is 7.41. The van der Waals surface area contributed by atoms with E-state index < -0.39 is 0 Å². The van der Waals surface area contributed by atoms with E-state index in [9.17, 15) is 0 Å². The van der Waals surface area contributed by atoms with E-state index in [1.54, 1.807) is 0 Å². The minimum absolute atomic E-state index is 0.152. The fraction of sp³-hybridized carbons (Fsp3) is 0.471. The van der Waals surface area contributed by atoms with Crippen LogP contribution >= 0.6 is 11.6 Å². The second-order valence-electron chi connectivity index (χ2n) is 6.70. The standard InChI is InChI=1S/C17H24ClN3/c1-17(2,3)12-14-15(18)16(19)21(20-14)11-7-10-13-8-5-4-6-9-13/h4-6,8-9H,7,10-12,19H2,1-3H3. The zero-order valence-electron chi connectivity index (χ0n) is 13.1. The third-order valence-corrected chi connectivity index (χ3v) is 3.79. The lowest BCUT2D eigenvalue weighted by atomic mass is 9.91. The summed E-state index contributed by atoms with van der Waals surface area (Å²) in [6.45, 7) is 7.32. The van der Waals surface area contributed by atoms with Crippen LogP contribution in [0.5, 0.6) is 0 Å². The Labute approximate surface area is 132 Å². The van der Waals surface area contributed by atoms with Crippen LogP contribution < -0.4 is 5.73 Å². The molecular weight excluding hydrogens is 282 g/mol. The second-order valence-corrected chi connectivity index (χ2v) is 7.07. The van der Waals surface area contributed by atoms with Crippen molar-refractivity contribution in [3.63, 3.8) is 0 Å². The van der Waals surface area contributed by atoms with Gasteiger partial charge in [-0.3, -0.25) is 0 Å². The van der Waals surface area contributed by atoms with Crippen molar-refractivity contribution in [2.24, 2.45) is 5.41 Å². The van der Waals surface area contributed by atoms with Gasteiger partial charge >= 0.3 is 0 Å². The van der Waals surface area contributed by atoms with Gasteiger partial charge in [0.1, 0.15) is 10.8 Å². The highest BCUT2D eigenvalue weighted by Crippen LogP contribution is 2.29. The molecule has 1 heterocycles. The smallest absolute Gasteiger partial charge is 0.140 e. The summed E-state index contributed by atoms with van der Waals surface area (Å²) in [5, 5.41) is 5.20. The van der Waals surface area contributed by atoms with Gasteiger partial charge in [-0.1, -0.05) is 62.7 Å². The van der Waals surface area contributed by atoms with E-state index in [2.05, 4.69) is 50.1 Å². The molecule has 0 amide bonds. The van der Waals surface area contributed by atoms with Crippen molar-refractivity contribution in [1.82, 2.24) is 9.78 Å². The maximum atomic E-state index is 6.31. The zero-order chi connectivity index (χ0) is 15.5. The Balaban J connectivity index is 1.99. The molecule has 0 spiro atoms. The molecule has 4 heteroatoms. The van der Waals surface area contributed by atoms with E-state index in [0.29, 0.717) is 10.8 Å². The van der Waals surface area contributed by atoms with E-state index >= 15 is 0 Å². The summed E-state index contributed by atoms with van der Waals surface area (Å²) in [7, 11) is 0. The van der Waals surface area contributed by atoms with Gasteiger partial charge in [-0.2, -0.15) is 5.10 Å². The number of rotatable bonds is 5. The summed E-state index contributed by atoms with van der Waals surface area (Å²) >= 11 is 6.31. The third kappa shape index (κ3) is 4.50. The third-order valence-electron chi connectivity index (χ3n) is 3.37. The number of nitrogen functional groups attached to an aromatic ring is 1. The summed E-state index contributed by atoms with van der Waals surface area (Å²) in [5.74, 6) is 0.587. The SMILES string of the molecule is CC(C)(C)Cc1nn(CCCc2ccccc2)c(N)c1Cl. The number of nitrogens with two attached hydrogens (primary N) is 1. The molecule has 2 aromatic rings. The molecule has 0 saturated heterocycles. The van der Waals surface area contributed by atoms with Crippen LogP contribution in [0.3, 0.4) is 0 Å². The van der Waals surface area contributed by atoms with Crippen molar-refractivity contribution < 1.29 is 0 Å². The molecule has 2 rings (SSSR count). The molecular formula is C17H24ClN3. The Morgan fingerprint density at radius 3 is 2.48 bits per heavy atom. The van der Waals surface area contributed by atoms with Crippen LogP contribution in [0.1, 0.15) is 38.4 Å². The molecule has 0 aliphatic carbocycles. The molecule has 0 saturated carbocycles. The highest BCUT2D eigenvalue weighted by molar-refractivity contribution is 6.33. The highest BCUT2D eigenvalue weighted by Gasteiger charge is 2.19. The van der Waals surface area contributed by atoms with Crippen molar-refractivity contribution in [2.75, 3.05) is 5.73 Å². The van der Waals surface area contributed by atoms with Crippen LogP contribution in [0, 0.1) is 5.41 Å². The summed E-state index contributed by atoms with van der Waals surface area (Å²) in [6.07, 6.45) is 2.86. The fourth-order valence-electron chi connectivity index (χ4n) is 2.37. The van der Waals surface area contributed by atoms with Gasteiger partial charge in [0.2, 0.25) is 0 Å². The number of aromatic nitrogens is 2. The molecule has 0 unspecified atom stereocenters. The molecule has 21 heavy (non-hydrogen) atoms. The topological polar surface area (TPSA) is 43.8 Å². The van der Waals surface area contributed by atoms with Crippen molar-refractivity contribution >= 4 is 17.4 Å². The summed E-state index contributed by atoms with van der Waals surface area (Å²) in [4.78, 5) is 0. The maximum absolute atomic E-state index is 6.31. The van der Waals surface area contributed by atoms with Crippen molar-refractivity contribution in [1.29, 1.82) is 0 Å². The van der Waals surface area contributed by atoms with E-state index in [4.69, 9.17) is 17.3 Å². The molecule has 1 aromatic heterocycles. The quantitative estimate of drug-likeness (QED) is 0.893. The normalized spacial score (nSPS) is 11.8. The summed E-state index contributed by atoms with van der Waals surface area (Å²) in [6, 6.07) is 10.5. The number of anilines is 1. The first-order chi connectivity index (χ1) is 9.87. The van der Waals surface area contributed by atoms with Gasteiger partial charge in [0, 0.05) is 6.54 Å². The Bertz CT molecular complexity index is 582. The van der Waals surface area contributed by atoms with E-state index in [1.165, 1.54) is 5.56 Å². The molecule has 0 aliphatic rings. The molecule has 2 N–H and O–H groups in total. The van der Waals surface area contributed by atoms with Gasteiger partial charge in [0.15, 0.2) is 0 Å². The van der Waals surface area contributed by atoms with Crippen molar-refractivity contribution in [3.05, 3.63) is 46.6 Å². The van der Waals surface area contributed by atoms with Gasteiger partial charge in [-0.05, 0) is 30.2 Å². The van der Waals surface area contributed by atoms with E-state index in [-0.39, 0.29) is 5.41 Å². The molecule has 114 valence electrons. The average molecular weight is 306 g/mol. The number of hydrogen-bond donors (Lipinski definition) is 1. The lowest BCUT2D eigenvalue weighted by Crippen LogP contribution is -2.11.